The Morgan fingerprint density at radius 2 is 2.21 bits per heavy atom. The van der Waals surface area contributed by atoms with Crippen LogP contribution in [0.3, 0.4) is 0 Å². The summed E-state index contributed by atoms with van der Waals surface area (Å²) in [5.41, 5.74) is 1.99. The molecule has 1 aliphatic heterocycles. The summed E-state index contributed by atoms with van der Waals surface area (Å²) in [6.07, 6.45) is 4.23. The van der Waals surface area contributed by atoms with Crippen molar-refractivity contribution in [2.24, 2.45) is 0 Å². The van der Waals surface area contributed by atoms with Crippen molar-refractivity contribution in [3.8, 4) is 0 Å². The Labute approximate surface area is 159 Å². The van der Waals surface area contributed by atoms with Crippen LogP contribution in [-0.2, 0) is 17.1 Å². The zero-order valence-corrected chi connectivity index (χ0v) is 16.1. The summed E-state index contributed by atoms with van der Waals surface area (Å²) >= 11 is 1.72. The molecule has 24 heavy (non-hydrogen) atoms. The Hall–Kier alpha value is -0.950. The van der Waals surface area contributed by atoms with Crippen molar-refractivity contribution in [2.75, 3.05) is 19.3 Å². The van der Waals surface area contributed by atoms with Gasteiger partial charge in [-0.05, 0) is 37.8 Å². The Kier molecular flexibility index (Phi) is 8.91. The Bertz CT molecular complexity index is 659. The lowest BCUT2D eigenvalue weighted by Crippen LogP contribution is -2.46. The number of aromatic nitrogens is 2. The summed E-state index contributed by atoms with van der Waals surface area (Å²) in [5.74, 6) is 1.84. The number of fused-ring (bicyclic) bond motifs is 1. The third-order valence-corrected chi connectivity index (χ3v) is 4.52. The highest BCUT2D eigenvalue weighted by Crippen LogP contribution is 2.18. The summed E-state index contributed by atoms with van der Waals surface area (Å²) < 4.78 is 2.04. The number of benzene rings is 1. The molecule has 0 bridgehead atoms. The molecule has 1 aromatic heterocycles. The Morgan fingerprint density at radius 3 is 2.92 bits per heavy atom. The first kappa shape index (κ1) is 21.1. The van der Waals surface area contributed by atoms with Crippen LogP contribution in [0, 0.1) is 0 Å². The van der Waals surface area contributed by atoms with Gasteiger partial charge in [0.2, 0.25) is 5.91 Å². The lowest BCUT2D eigenvalue weighted by atomic mass is 10.1. The van der Waals surface area contributed by atoms with Gasteiger partial charge in [-0.3, -0.25) is 4.79 Å². The normalized spacial score (nSPS) is 17.0. The van der Waals surface area contributed by atoms with E-state index in [0.717, 1.165) is 48.5 Å². The molecule has 0 spiro atoms. The van der Waals surface area contributed by atoms with E-state index in [1.807, 2.05) is 28.8 Å². The second-order valence-corrected chi connectivity index (χ2v) is 6.51. The number of hydrogen-bond acceptors (Lipinski definition) is 4. The average Bonchev–Trinajstić information content (AvgIpc) is 2.86. The Morgan fingerprint density at radius 1 is 1.42 bits per heavy atom. The molecule has 0 radical (unpaired) electrons. The predicted molar refractivity (Wildman–Crippen MR) is 105 cm³/mol. The second kappa shape index (κ2) is 10.1. The Balaban J connectivity index is 0.00000144. The van der Waals surface area contributed by atoms with Gasteiger partial charge in [-0.25, -0.2) is 4.98 Å². The molecule has 0 saturated carbocycles. The summed E-state index contributed by atoms with van der Waals surface area (Å²) in [6.45, 7) is 2.26. The van der Waals surface area contributed by atoms with Gasteiger partial charge >= 0.3 is 0 Å². The SMILES string of the molecule is CSCc1nc2ccccc2n1CC(=O)NC1CCCNC1.Cl.Cl. The lowest BCUT2D eigenvalue weighted by Gasteiger charge is -2.24. The number of piperidine rings is 1. The number of halogens is 2. The molecule has 8 heteroatoms. The molecule has 1 unspecified atom stereocenters. The predicted octanol–water partition coefficient (Wildman–Crippen LogP) is 2.61. The molecule has 1 aromatic carbocycles. The minimum Gasteiger partial charge on any atom is -0.351 e. The molecule has 2 heterocycles. The summed E-state index contributed by atoms with van der Waals surface area (Å²) in [4.78, 5) is 17.0. The molecule has 1 aliphatic rings. The molecule has 1 atom stereocenters. The summed E-state index contributed by atoms with van der Waals surface area (Å²) in [6, 6.07) is 8.25. The topological polar surface area (TPSA) is 59.0 Å². The molecule has 0 aliphatic carbocycles. The number of imidazole rings is 1. The van der Waals surface area contributed by atoms with E-state index >= 15 is 0 Å². The third-order valence-electron chi connectivity index (χ3n) is 3.97. The van der Waals surface area contributed by atoms with Crippen LogP contribution in [-0.4, -0.2) is 40.8 Å². The van der Waals surface area contributed by atoms with E-state index < -0.39 is 0 Å². The molecular weight excluding hydrogens is 367 g/mol. The highest BCUT2D eigenvalue weighted by atomic mass is 35.5. The number of nitrogens with zero attached hydrogens (tertiary/aromatic N) is 2. The quantitative estimate of drug-likeness (QED) is 0.823. The number of thioether (sulfide) groups is 1. The molecule has 2 N–H and O–H groups in total. The molecule has 134 valence electrons. The van der Waals surface area contributed by atoms with Crippen LogP contribution < -0.4 is 10.6 Å². The van der Waals surface area contributed by atoms with Crippen molar-refractivity contribution >= 4 is 53.5 Å². The zero-order chi connectivity index (χ0) is 15.4. The maximum atomic E-state index is 12.4. The number of rotatable bonds is 5. The second-order valence-electron chi connectivity index (χ2n) is 5.65. The van der Waals surface area contributed by atoms with Crippen LogP contribution in [0.5, 0.6) is 0 Å². The molecule has 1 saturated heterocycles. The smallest absolute Gasteiger partial charge is 0.240 e. The fraction of sp³-hybridized carbons (Fsp3) is 0.500. The van der Waals surface area contributed by atoms with E-state index in [-0.39, 0.29) is 36.8 Å². The first-order valence-electron chi connectivity index (χ1n) is 7.71. The fourth-order valence-corrected chi connectivity index (χ4v) is 3.41. The minimum absolute atomic E-state index is 0. The van der Waals surface area contributed by atoms with Gasteiger partial charge in [0.25, 0.3) is 0 Å². The maximum Gasteiger partial charge on any atom is 0.240 e. The summed E-state index contributed by atoms with van der Waals surface area (Å²) in [5, 5.41) is 6.46. The molecule has 2 aromatic rings. The third kappa shape index (κ3) is 5.02. The van der Waals surface area contributed by atoms with Crippen molar-refractivity contribution in [1.29, 1.82) is 0 Å². The van der Waals surface area contributed by atoms with Crippen molar-refractivity contribution in [1.82, 2.24) is 20.2 Å². The largest absolute Gasteiger partial charge is 0.351 e. The van der Waals surface area contributed by atoms with Gasteiger partial charge in [-0.1, -0.05) is 12.1 Å². The van der Waals surface area contributed by atoms with E-state index in [1.165, 1.54) is 0 Å². The number of carbonyl (C=O) groups is 1. The standard InChI is InChI=1S/C16H22N4OS.2ClH/c1-22-11-15-19-13-6-2-3-7-14(13)20(15)10-16(21)18-12-5-4-8-17-9-12;;/h2-3,6-7,12,17H,4-5,8-11H2,1H3,(H,18,21);2*1H. The number of para-hydroxylation sites is 2. The van der Waals surface area contributed by atoms with Gasteiger partial charge in [-0.2, -0.15) is 11.8 Å². The van der Waals surface area contributed by atoms with Gasteiger partial charge in [0.1, 0.15) is 12.4 Å². The van der Waals surface area contributed by atoms with Crippen molar-refractivity contribution in [3.05, 3.63) is 30.1 Å². The fourth-order valence-electron chi connectivity index (χ4n) is 2.93. The molecule has 3 rings (SSSR count). The number of hydrogen-bond donors (Lipinski definition) is 2. The maximum absolute atomic E-state index is 12.4. The van der Waals surface area contributed by atoms with E-state index in [4.69, 9.17) is 0 Å². The van der Waals surface area contributed by atoms with Crippen molar-refractivity contribution in [2.45, 2.75) is 31.2 Å². The number of amides is 1. The molecular formula is C16H24Cl2N4OS. The summed E-state index contributed by atoms with van der Waals surface area (Å²) in [7, 11) is 0. The number of nitrogens with one attached hydrogen (secondary N) is 2. The molecule has 1 fully saturated rings. The van der Waals surface area contributed by atoms with E-state index in [0.29, 0.717) is 6.54 Å². The molecule has 5 nitrogen and oxygen atoms in total. The lowest BCUT2D eigenvalue weighted by molar-refractivity contribution is -0.122. The first-order chi connectivity index (χ1) is 10.8. The van der Waals surface area contributed by atoms with Crippen LogP contribution in [0.2, 0.25) is 0 Å². The van der Waals surface area contributed by atoms with Gasteiger partial charge in [0.05, 0.1) is 16.8 Å². The highest BCUT2D eigenvalue weighted by molar-refractivity contribution is 7.97. The molecule has 1 amide bonds. The van der Waals surface area contributed by atoms with Gasteiger partial charge in [0, 0.05) is 12.6 Å². The minimum atomic E-state index is 0. The van der Waals surface area contributed by atoms with Crippen molar-refractivity contribution < 1.29 is 4.79 Å². The van der Waals surface area contributed by atoms with E-state index in [9.17, 15) is 4.79 Å². The average molecular weight is 391 g/mol. The van der Waals surface area contributed by atoms with Gasteiger partial charge < -0.3 is 15.2 Å². The van der Waals surface area contributed by atoms with Crippen LogP contribution in [0.15, 0.2) is 24.3 Å². The van der Waals surface area contributed by atoms with Gasteiger partial charge in [0.15, 0.2) is 0 Å². The highest BCUT2D eigenvalue weighted by Gasteiger charge is 2.17. The van der Waals surface area contributed by atoms with Crippen LogP contribution in [0.25, 0.3) is 11.0 Å². The zero-order valence-electron chi connectivity index (χ0n) is 13.7. The van der Waals surface area contributed by atoms with Crippen molar-refractivity contribution in [3.63, 3.8) is 0 Å². The van der Waals surface area contributed by atoms with Gasteiger partial charge in [-0.15, -0.1) is 24.8 Å². The number of carbonyl (C=O) groups excluding carboxylic acids is 1. The van der Waals surface area contributed by atoms with Crippen LogP contribution in [0.4, 0.5) is 0 Å². The van der Waals surface area contributed by atoms with Crippen LogP contribution >= 0.6 is 36.6 Å². The first-order valence-corrected chi connectivity index (χ1v) is 9.10. The van der Waals surface area contributed by atoms with E-state index in [2.05, 4.69) is 21.9 Å². The monoisotopic (exact) mass is 390 g/mol. The van der Waals surface area contributed by atoms with Crippen LogP contribution in [0.1, 0.15) is 18.7 Å². The van der Waals surface area contributed by atoms with E-state index in [1.54, 1.807) is 11.8 Å².